The summed E-state index contributed by atoms with van der Waals surface area (Å²) in [6.45, 7) is 1.93. The number of para-hydroxylation sites is 1. The maximum absolute atomic E-state index is 12.0. The van der Waals surface area contributed by atoms with Crippen LogP contribution in [0.5, 0.6) is 0 Å². The van der Waals surface area contributed by atoms with E-state index in [-0.39, 0.29) is 30.8 Å². The van der Waals surface area contributed by atoms with Crippen molar-refractivity contribution in [3.8, 4) is 0 Å². The quantitative estimate of drug-likeness (QED) is 0.660. The van der Waals surface area contributed by atoms with Crippen LogP contribution >= 0.6 is 0 Å². The highest BCUT2D eigenvalue weighted by Crippen LogP contribution is 2.13. The van der Waals surface area contributed by atoms with Crippen LogP contribution in [0.25, 0.3) is 0 Å². The van der Waals surface area contributed by atoms with Gasteiger partial charge in [0.25, 0.3) is 0 Å². The first kappa shape index (κ1) is 17.3. The number of nitrogens with two attached hydrogens (primary N) is 1. The molecule has 2 aromatic carbocycles. The Kier molecular flexibility index (Phi) is 5.38. The molecule has 132 valence electrons. The number of hydrogen-bond acceptors (Lipinski definition) is 7. The summed E-state index contributed by atoms with van der Waals surface area (Å²) in [5.41, 5.74) is 8.57. The molecule has 0 bridgehead atoms. The normalized spacial score (nSPS) is 10.3. The van der Waals surface area contributed by atoms with Crippen molar-refractivity contribution in [1.29, 1.82) is 0 Å². The van der Waals surface area contributed by atoms with E-state index < -0.39 is 0 Å². The average Bonchev–Trinajstić information content (AvgIpc) is 2.62. The van der Waals surface area contributed by atoms with Crippen LogP contribution in [-0.4, -0.2) is 20.9 Å². The zero-order valence-electron chi connectivity index (χ0n) is 14.3. The summed E-state index contributed by atoms with van der Waals surface area (Å²) in [5.74, 6) is 0.287. The summed E-state index contributed by atoms with van der Waals surface area (Å²) < 4.78 is 5.25. The second kappa shape index (κ2) is 8.06. The first-order valence-electron chi connectivity index (χ1n) is 8.12. The lowest BCUT2D eigenvalue weighted by molar-refractivity contribution is -0.144. The molecule has 3 aromatic rings. The summed E-state index contributed by atoms with van der Waals surface area (Å²) in [7, 11) is 0. The van der Waals surface area contributed by atoms with Crippen molar-refractivity contribution >= 4 is 23.6 Å². The van der Waals surface area contributed by atoms with Crippen LogP contribution in [0.2, 0.25) is 0 Å². The van der Waals surface area contributed by atoms with E-state index in [4.69, 9.17) is 10.5 Å². The highest BCUT2D eigenvalue weighted by Gasteiger charge is 2.09. The number of ether oxygens (including phenoxy) is 1. The second-order valence-electron chi connectivity index (χ2n) is 5.75. The first-order valence-corrected chi connectivity index (χ1v) is 8.12. The molecule has 0 fully saturated rings. The fourth-order valence-electron chi connectivity index (χ4n) is 2.28. The molecule has 0 spiro atoms. The molecule has 0 atom stereocenters. The molecule has 1 aromatic heterocycles. The molecule has 0 aliphatic carbocycles. The van der Waals surface area contributed by atoms with Crippen molar-refractivity contribution in [2.24, 2.45) is 0 Å². The Bertz CT molecular complexity index is 882. The van der Waals surface area contributed by atoms with Crippen molar-refractivity contribution in [2.75, 3.05) is 11.1 Å². The predicted molar refractivity (Wildman–Crippen MR) is 98.6 cm³/mol. The zero-order valence-corrected chi connectivity index (χ0v) is 14.3. The lowest BCUT2D eigenvalue weighted by Crippen LogP contribution is -2.12. The van der Waals surface area contributed by atoms with Gasteiger partial charge in [0, 0.05) is 5.69 Å². The molecule has 0 aliphatic rings. The predicted octanol–water partition coefficient (Wildman–Crippen LogP) is 2.79. The number of aromatic nitrogens is 3. The van der Waals surface area contributed by atoms with Crippen molar-refractivity contribution in [1.82, 2.24) is 15.0 Å². The number of hydrogen-bond donors (Lipinski definition) is 2. The maximum Gasteiger partial charge on any atom is 0.310 e. The number of carbonyl (C=O) groups excluding carboxylic acids is 1. The maximum atomic E-state index is 12.0. The molecule has 0 saturated carbocycles. The van der Waals surface area contributed by atoms with Gasteiger partial charge in [0.1, 0.15) is 0 Å². The highest BCUT2D eigenvalue weighted by molar-refractivity contribution is 5.72. The number of rotatable bonds is 6. The van der Waals surface area contributed by atoms with Crippen LogP contribution in [0.1, 0.15) is 17.0 Å². The molecule has 0 aliphatic heterocycles. The smallest absolute Gasteiger partial charge is 0.310 e. The molecule has 1 heterocycles. The van der Waals surface area contributed by atoms with E-state index in [0.29, 0.717) is 5.95 Å². The number of nitrogen functional groups attached to an aromatic ring is 1. The number of aryl methyl sites for hydroxylation is 1. The minimum Gasteiger partial charge on any atom is -0.457 e. The van der Waals surface area contributed by atoms with E-state index in [1.165, 1.54) is 0 Å². The van der Waals surface area contributed by atoms with E-state index in [2.05, 4.69) is 20.3 Å². The Morgan fingerprint density at radius 2 is 1.77 bits per heavy atom. The van der Waals surface area contributed by atoms with Gasteiger partial charge in [-0.05, 0) is 24.6 Å². The average molecular weight is 349 g/mol. The summed E-state index contributed by atoms with van der Waals surface area (Å²) in [5, 5.41) is 3.04. The van der Waals surface area contributed by atoms with Crippen LogP contribution < -0.4 is 11.1 Å². The van der Waals surface area contributed by atoms with Gasteiger partial charge in [-0.25, -0.2) is 0 Å². The topological polar surface area (TPSA) is 103 Å². The molecule has 3 rings (SSSR count). The Morgan fingerprint density at radius 1 is 1.04 bits per heavy atom. The summed E-state index contributed by atoms with van der Waals surface area (Å²) in [4.78, 5) is 24.3. The van der Waals surface area contributed by atoms with Crippen molar-refractivity contribution in [2.45, 2.75) is 20.0 Å². The SMILES string of the molecule is Cc1ccc(CC(=O)OCc2nc(N)nc(Nc3ccccc3)n2)cc1. The van der Waals surface area contributed by atoms with Gasteiger partial charge in [-0.2, -0.15) is 15.0 Å². The number of anilines is 3. The molecule has 0 amide bonds. The Morgan fingerprint density at radius 3 is 2.50 bits per heavy atom. The molecule has 0 saturated heterocycles. The van der Waals surface area contributed by atoms with E-state index in [1.54, 1.807) is 0 Å². The fourth-order valence-corrected chi connectivity index (χ4v) is 2.28. The molecule has 0 radical (unpaired) electrons. The van der Waals surface area contributed by atoms with Crippen LogP contribution in [0.4, 0.5) is 17.6 Å². The Balaban J connectivity index is 1.60. The van der Waals surface area contributed by atoms with Gasteiger partial charge in [-0.15, -0.1) is 0 Å². The first-order chi connectivity index (χ1) is 12.6. The molecule has 7 nitrogen and oxygen atoms in total. The van der Waals surface area contributed by atoms with Crippen LogP contribution in [-0.2, 0) is 22.6 Å². The van der Waals surface area contributed by atoms with Crippen molar-refractivity contribution in [3.05, 3.63) is 71.5 Å². The number of esters is 1. The van der Waals surface area contributed by atoms with Crippen molar-refractivity contribution < 1.29 is 9.53 Å². The largest absolute Gasteiger partial charge is 0.457 e. The van der Waals surface area contributed by atoms with E-state index >= 15 is 0 Å². The third-order valence-electron chi connectivity index (χ3n) is 3.56. The van der Waals surface area contributed by atoms with Gasteiger partial charge < -0.3 is 15.8 Å². The molecule has 7 heteroatoms. The number of nitrogens with zero attached hydrogens (tertiary/aromatic N) is 3. The third kappa shape index (κ3) is 5.01. The summed E-state index contributed by atoms with van der Waals surface area (Å²) in [6.07, 6.45) is 0.190. The molecule has 3 N–H and O–H groups in total. The van der Waals surface area contributed by atoms with Crippen LogP contribution in [0, 0.1) is 6.92 Å². The summed E-state index contributed by atoms with van der Waals surface area (Å²) in [6, 6.07) is 17.2. The van der Waals surface area contributed by atoms with Gasteiger partial charge in [0.05, 0.1) is 6.42 Å². The van der Waals surface area contributed by atoms with Crippen molar-refractivity contribution in [3.63, 3.8) is 0 Å². The number of benzene rings is 2. The van der Waals surface area contributed by atoms with E-state index in [1.807, 2.05) is 61.5 Å². The van der Waals surface area contributed by atoms with Gasteiger partial charge in [-0.3, -0.25) is 4.79 Å². The summed E-state index contributed by atoms with van der Waals surface area (Å²) >= 11 is 0. The van der Waals surface area contributed by atoms with Gasteiger partial charge in [-0.1, -0.05) is 48.0 Å². The molecule has 26 heavy (non-hydrogen) atoms. The molecular formula is C19H19N5O2. The highest BCUT2D eigenvalue weighted by atomic mass is 16.5. The second-order valence-corrected chi connectivity index (χ2v) is 5.75. The third-order valence-corrected chi connectivity index (χ3v) is 3.56. The fraction of sp³-hybridized carbons (Fsp3) is 0.158. The number of nitrogens with one attached hydrogen (secondary N) is 1. The molecular weight excluding hydrogens is 330 g/mol. The zero-order chi connectivity index (χ0) is 18.4. The Labute approximate surface area is 151 Å². The Hall–Kier alpha value is -3.48. The molecule has 0 unspecified atom stereocenters. The van der Waals surface area contributed by atoms with E-state index in [0.717, 1.165) is 16.8 Å². The lowest BCUT2D eigenvalue weighted by Gasteiger charge is -2.08. The lowest BCUT2D eigenvalue weighted by atomic mass is 10.1. The minimum atomic E-state index is -0.356. The van der Waals surface area contributed by atoms with Gasteiger partial charge >= 0.3 is 5.97 Å². The van der Waals surface area contributed by atoms with Gasteiger partial charge in [0.2, 0.25) is 11.9 Å². The van der Waals surface area contributed by atoms with Crippen LogP contribution in [0.15, 0.2) is 54.6 Å². The van der Waals surface area contributed by atoms with E-state index in [9.17, 15) is 4.79 Å². The van der Waals surface area contributed by atoms with Gasteiger partial charge in [0.15, 0.2) is 12.4 Å². The standard InChI is InChI=1S/C19H19N5O2/c1-13-7-9-14(10-8-13)11-17(25)26-12-16-22-18(20)24-19(23-16)21-15-5-3-2-4-6-15/h2-10H,11-12H2,1H3,(H3,20,21,22,23,24). The number of carbonyl (C=O) groups is 1. The minimum absolute atomic E-state index is 0.0583. The monoisotopic (exact) mass is 349 g/mol. The van der Waals surface area contributed by atoms with Crippen LogP contribution in [0.3, 0.4) is 0 Å².